The second kappa shape index (κ2) is 4.92. The lowest BCUT2D eigenvalue weighted by Gasteiger charge is -2.11. The van der Waals surface area contributed by atoms with E-state index in [1.54, 1.807) is 13.1 Å². The van der Waals surface area contributed by atoms with Crippen molar-refractivity contribution in [2.75, 3.05) is 12.4 Å². The summed E-state index contributed by atoms with van der Waals surface area (Å²) in [5.41, 5.74) is 1.38. The molecule has 92 valence electrons. The molecule has 4 nitrogen and oxygen atoms in total. The summed E-state index contributed by atoms with van der Waals surface area (Å²) in [4.78, 5) is 4.40. The second-order valence-corrected chi connectivity index (χ2v) is 4.26. The molecule has 0 saturated carbocycles. The molecule has 0 unspecified atom stereocenters. The average Bonchev–Trinajstić information content (AvgIpc) is 2.36. The Kier molecular flexibility index (Phi) is 3.33. The first-order valence-electron chi connectivity index (χ1n) is 5.83. The molecule has 0 spiro atoms. The van der Waals surface area contributed by atoms with Crippen LogP contribution in [0.1, 0.15) is 19.4 Å². The second-order valence-electron chi connectivity index (χ2n) is 4.26. The Hall–Kier alpha value is -2.28. The first-order chi connectivity index (χ1) is 8.63. The zero-order chi connectivity index (χ0) is 13.1. The molecule has 2 aromatic rings. The van der Waals surface area contributed by atoms with E-state index in [0.29, 0.717) is 11.4 Å². The number of fused-ring (bicyclic) bond motifs is 1. The Bertz CT molecular complexity index is 614. The van der Waals surface area contributed by atoms with Crippen molar-refractivity contribution in [3.05, 3.63) is 29.8 Å². The Labute approximate surface area is 106 Å². The van der Waals surface area contributed by atoms with Crippen LogP contribution in [0.4, 0.5) is 5.82 Å². The number of ether oxygens (including phenoxy) is 1. The van der Waals surface area contributed by atoms with Crippen molar-refractivity contribution in [1.82, 2.24) is 4.98 Å². The van der Waals surface area contributed by atoms with Crippen LogP contribution in [0, 0.1) is 11.3 Å². The SMILES string of the molecule is CNc1cc(C#N)c2cc(OC(C)C)ccc2n1. The summed E-state index contributed by atoms with van der Waals surface area (Å²) in [6.07, 6.45) is 0.109. The summed E-state index contributed by atoms with van der Waals surface area (Å²) in [5.74, 6) is 1.45. The number of aromatic nitrogens is 1. The van der Waals surface area contributed by atoms with Gasteiger partial charge in [-0.15, -0.1) is 0 Å². The van der Waals surface area contributed by atoms with E-state index in [0.717, 1.165) is 16.7 Å². The van der Waals surface area contributed by atoms with E-state index in [-0.39, 0.29) is 6.10 Å². The molecule has 4 heteroatoms. The highest BCUT2D eigenvalue weighted by Gasteiger charge is 2.07. The normalized spacial score (nSPS) is 10.4. The van der Waals surface area contributed by atoms with E-state index in [9.17, 15) is 5.26 Å². The van der Waals surface area contributed by atoms with Crippen LogP contribution >= 0.6 is 0 Å². The number of pyridine rings is 1. The number of anilines is 1. The number of hydrogen-bond acceptors (Lipinski definition) is 4. The summed E-state index contributed by atoms with van der Waals surface area (Å²) in [6.45, 7) is 3.94. The molecule has 0 fully saturated rings. The average molecular weight is 241 g/mol. The topological polar surface area (TPSA) is 57.9 Å². The summed E-state index contributed by atoms with van der Waals surface area (Å²) < 4.78 is 5.63. The molecule has 1 aromatic carbocycles. The number of hydrogen-bond donors (Lipinski definition) is 1. The molecule has 0 aliphatic rings. The maximum atomic E-state index is 9.18. The number of nitrogens with zero attached hydrogens (tertiary/aromatic N) is 2. The van der Waals surface area contributed by atoms with Gasteiger partial charge in [0.1, 0.15) is 11.6 Å². The lowest BCUT2D eigenvalue weighted by Crippen LogP contribution is -2.05. The number of benzene rings is 1. The molecule has 0 bridgehead atoms. The van der Waals surface area contributed by atoms with Crippen molar-refractivity contribution in [2.45, 2.75) is 20.0 Å². The van der Waals surface area contributed by atoms with Gasteiger partial charge in [-0.2, -0.15) is 5.26 Å². The molecule has 0 amide bonds. The number of nitrogens with one attached hydrogen (secondary N) is 1. The predicted octanol–water partition coefficient (Wildman–Crippen LogP) is 2.94. The van der Waals surface area contributed by atoms with Crippen molar-refractivity contribution in [2.24, 2.45) is 0 Å². The summed E-state index contributed by atoms with van der Waals surface area (Å²) in [7, 11) is 1.78. The van der Waals surface area contributed by atoms with Crippen LogP contribution < -0.4 is 10.1 Å². The summed E-state index contributed by atoms with van der Waals surface area (Å²) in [6, 6.07) is 9.53. The van der Waals surface area contributed by atoms with Gasteiger partial charge in [0.05, 0.1) is 23.3 Å². The first kappa shape index (κ1) is 12.2. The minimum absolute atomic E-state index is 0.109. The largest absolute Gasteiger partial charge is 0.491 e. The third-order valence-electron chi connectivity index (χ3n) is 2.53. The predicted molar refractivity (Wildman–Crippen MR) is 71.8 cm³/mol. The van der Waals surface area contributed by atoms with Crippen molar-refractivity contribution in [3.8, 4) is 11.8 Å². The van der Waals surface area contributed by atoms with Crippen molar-refractivity contribution < 1.29 is 4.74 Å². The molecule has 0 radical (unpaired) electrons. The minimum atomic E-state index is 0.109. The number of rotatable bonds is 3. The highest BCUT2D eigenvalue weighted by atomic mass is 16.5. The van der Waals surface area contributed by atoms with E-state index < -0.39 is 0 Å². The highest BCUT2D eigenvalue weighted by Crippen LogP contribution is 2.25. The van der Waals surface area contributed by atoms with Crippen molar-refractivity contribution in [1.29, 1.82) is 5.26 Å². The number of nitriles is 1. The Morgan fingerprint density at radius 1 is 1.33 bits per heavy atom. The maximum Gasteiger partial charge on any atom is 0.127 e. The Morgan fingerprint density at radius 2 is 2.11 bits per heavy atom. The van der Waals surface area contributed by atoms with Gasteiger partial charge in [-0.05, 0) is 38.1 Å². The fraction of sp³-hybridized carbons (Fsp3) is 0.286. The van der Waals surface area contributed by atoms with Crippen LogP contribution in [0.3, 0.4) is 0 Å². The van der Waals surface area contributed by atoms with Gasteiger partial charge < -0.3 is 10.1 Å². The molecule has 1 N–H and O–H groups in total. The monoisotopic (exact) mass is 241 g/mol. The summed E-state index contributed by atoms with van der Waals surface area (Å²) >= 11 is 0. The van der Waals surface area contributed by atoms with Crippen LogP contribution in [-0.4, -0.2) is 18.1 Å². The van der Waals surface area contributed by atoms with Gasteiger partial charge >= 0.3 is 0 Å². The molecule has 0 atom stereocenters. The molecule has 0 aliphatic carbocycles. The van der Waals surface area contributed by atoms with Gasteiger partial charge in [0.2, 0.25) is 0 Å². The standard InChI is InChI=1S/C14H15N3O/c1-9(2)18-11-4-5-13-12(7-11)10(8-15)6-14(16-3)17-13/h4-7,9H,1-3H3,(H,16,17). The lowest BCUT2D eigenvalue weighted by molar-refractivity contribution is 0.243. The van der Waals surface area contributed by atoms with Crippen LogP contribution in [-0.2, 0) is 0 Å². The third-order valence-corrected chi connectivity index (χ3v) is 2.53. The smallest absolute Gasteiger partial charge is 0.127 e. The van der Waals surface area contributed by atoms with Gasteiger partial charge in [-0.3, -0.25) is 0 Å². The molecule has 2 rings (SSSR count). The fourth-order valence-corrected chi connectivity index (χ4v) is 1.77. The maximum absolute atomic E-state index is 9.18. The van der Waals surface area contributed by atoms with Crippen molar-refractivity contribution >= 4 is 16.7 Å². The van der Waals surface area contributed by atoms with Crippen LogP contribution in [0.5, 0.6) is 5.75 Å². The van der Waals surface area contributed by atoms with Crippen molar-refractivity contribution in [3.63, 3.8) is 0 Å². The van der Waals surface area contributed by atoms with E-state index in [1.807, 2.05) is 32.0 Å². The van der Waals surface area contributed by atoms with Crippen LogP contribution in [0.2, 0.25) is 0 Å². The molecule has 1 heterocycles. The van der Waals surface area contributed by atoms with E-state index in [1.165, 1.54) is 0 Å². The third kappa shape index (κ3) is 2.35. The van der Waals surface area contributed by atoms with Gasteiger partial charge in [0.15, 0.2) is 0 Å². The molecule has 1 aromatic heterocycles. The van der Waals surface area contributed by atoms with E-state index in [2.05, 4.69) is 16.4 Å². The van der Waals surface area contributed by atoms with Gasteiger partial charge in [-0.1, -0.05) is 0 Å². The molecule has 0 aliphatic heterocycles. The van der Waals surface area contributed by atoms with Gasteiger partial charge in [0.25, 0.3) is 0 Å². The van der Waals surface area contributed by atoms with E-state index >= 15 is 0 Å². The minimum Gasteiger partial charge on any atom is -0.491 e. The molecule has 18 heavy (non-hydrogen) atoms. The Balaban J connectivity index is 2.58. The van der Waals surface area contributed by atoms with E-state index in [4.69, 9.17) is 4.74 Å². The first-order valence-corrected chi connectivity index (χ1v) is 5.83. The zero-order valence-electron chi connectivity index (χ0n) is 10.7. The zero-order valence-corrected chi connectivity index (χ0v) is 10.7. The Morgan fingerprint density at radius 3 is 2.72 bits per heavy atom. The van der Waals surface area contributed by atoms with Gasteiger partial charge in [0, 0.05) is 12.4 Å². The molecular weight excluding hydrogens is 226 g/mol. The molecular formula is C14H15N3O. The summed E-state index contributed by atoms with van der Waals surface area (Å²) in [5, 5.41) is 12.9. The molecule has 0 saturated heterocycles. The quantitative estimate of drug-likeness (QED) is 0.897. The fourth-order valence-electron chi connectivity index (χ4n) is 1.77. The van der Waals surface area contributed by atoms with Crippen LogP contribution in [0.25, 0.3) is 10.9 Å². The lowest BCUT2D eigenvalue weighted by atomic mass is 10.1. The van der Waals surface area contributed by atoms with Crippen LogP contribution in [0.15, 0.2) is 24.3 Å². The highest BCUT2D eigenvalue weighted by molar-refractivity contribution is 5.87. The van der Waals surface area contributed by atoms with Gasteiger partial charge in [-0.25, -0.2) is 4.98 Å².